The van der Waals surface area contributed by atoms with Crippen molar-refractivity contribution in [1.82, 2.24) is 9.97 Å². The molecule has 0 saturated heterocycles. The molecule has 1 aliphatic heterocycles. The number of nitrogens with two attached hydrogens (primary N) is 1. The maximum Gasteiger partial charge on any atom is 0.299 e. The molecule has 3 N–H and O–H groups in total. The van der Waals surface area contributed by atoms with E-state index in [1.807, 2.05) is 0 Å². The molecule has 0 radical (unpaired) electrons. The first kappa shape index (κ1) is 20.0. The van der Waals surface area contributed by atoms with Crippen LogP contribution in [-0.2, 0) is 10.3 Å². The van der Waals surface area contributed by atoms with Crippen LogP contribution in [0.1, 0.15) is 23.1 Å². The smallest absolute Gasteiger partial charge is 0.299 e. The van der Waals surface area contributed by atoms with E-state index in [9.17, 15) is 18.0 Å². The van der Waals surface area contributed by atoms with Crippen LogP contribution in [0.5, 0.6) is 0 Å². The van der Waals surface area contributed by atoms with Gasteiger partial charge in [-0.1, -0.05) is 11.6 Å². The molecule has 0 aliphatic carbocycles. The predicted octanol–water partition coefficient (Wildman–Crippen LogP) is 2.76. The van der Waals surface area contributed by atoms with E-state index in [-0.39, 0.29) is 29.0 Å². The van der Waals surface area contributed by atoms with Crippen LogP contribution >= 0.6 is 11.6 Å². The van der Waals surface area contributed by atoms with Crippen molar-refractivity contribution in [3.8, 4) is 0 Å². The van der Waals surface area contributed by atoms with Gasteiger partial charge < -0.3 is 15.8 Å². The van der Waals surface area contributed by atoms with Gasteiger partial charge in [-0.3, -0.25) is 9.79 Å². The molecule has 7 nitrogen and oxygen atoms in total. The zero-order valence-electron chi connectivity index (χ0n) is 14.5. The summed E-state index contributed by atoms with van der Waals surface area (Å²) in [4.78, 5) is 23.5. The Bertz CT molecular complexity index is 939. The van der Waals surface area contributed by atoms with E-state index in [1.165, 1.54) is 18.5 Å². The molecule has 0 spiro atoms. The highest BCUT2D eigenvalue weighted by Gasteiger charge is 2.54. The van der Waals surface area contributed by atoms with Gasteiger partial charge in [0, 0.05) is 23.6 Å². The summed E-state index contributed by atoms with van der Waals surface area (Å²) in [5.41, 5.74) is 2.88. The number of alkyl halides is 2. The number of amides is 1. The van der Waals surface area contributed by atoms with Crippen LogP contribution in [0, 0.1) is 5.82 Å². The molecule has 2 aromatic rings. The first-order valence-electron chi connectivity index (χ1n) is 8.01. The Morgan fingerprint density at radius 1 is 1.32 bits per heavy atom. The largest absolute Gasteiger partial charge is 0.385 e. The molecule has 1 aromatic heterocycles. The summed E-state index contributed by atoms with van der Waals surface area (Å²) < 4.78 is 48.6. The van der Waals surface area contributed by atoms with Crippen LogP contribution in [0.4, 0.5) is 18.9 Å². The van der Waals surface area contributed by atoms with Crippen molar-refractivity contribution in [2.24, 2.45) is 10.7 Å². The van der Waals surface area contributed by atoms with Crippen molar-refractivity contribution in [3.05, 3.63) is 52.8 Å². The molecule has 28 heavy (non-hydrogen) atoms. The van der Waals surface area contributed by atoms with Crippen LogP contribution < -0.4 is 11.1 Å². The number of hydrogen-bond donors (Lipinski definition) is 2. The van der Waals surface area contributed by atoms with E-state index in [2.05, 4.69) is 20.3 Å². The van der Waals surface area contributed by atoms with Crippen LogP contribution in [-0.4, -0.2) is 40.8 Å². The lowest BCUT2D eigenvalue weighted by atomic mass is 9.85. The molecule has 0 unspecified atom stereocenters. The Balaban J connectivity index is 1.98. The molecular weight excluding hydrogens is 399 g/mol. The Labute approximate surface area is 162 Å². The van der Waals surface area contributed by atoms with Gasteiger partial charge in [0.25, 0.3) is 11.8 Å². The number of halogens is 4. The fraction of sp³-hybridized carbons (Fsp3) is 0.294. The fourth-order valence-electron chi connectivity index (χ4n) is 2.68. The summed E-state index contributed by atoms with van der Waals surface area (Å²) in [5, 5.41) is 2.66. The van der Waals surface area contributed by atoms with Crippen molar-refractivity contribution < 1.29 is 22.7 Å². The van der Waals surface area contributed by atoms with E-state index in [1.54, 1.807) is 0 Å². The lowest BCUT2D eigenvalue weighted by Crippen LogP contribution is -2.45. The van der Waals surface area contributed by atoms with Crippen LogP contribution in [0.2, 0.25) is 5.02 Å². The minimum atomic E-state index is -3.54. The maximum atomic E-state index is 14.7. The normalized spacial score (nSPS) is 21.5. The second-order valence-corrected chi connectivity index (χ2v) is 6.68. The van der Waals surface area contributed by atoms with Gasteiger partial charge in [0.2, 0.25) is 5.82 Å². The van der Waals surface area contributed by atoms with Gasteiger partial charge >= 0.3 is 0 Å². The van der Waals surface area contributed by atoms with Crippen LogP contribution in [0.25, 0.3) is 0 Å². The molecule has 148 valence electrons. The monoisotopic (exact) mass is 413 g/mol. The van der Waals surface area contributed by atoms with E-state index in [0.717, 1.165) is 19.1 Å². The lowest BCUT2D eigenvalue weighted by molar-refractivity contribution is -0.116. The van der Waals surface area contributed by atoms with Gasteiger partial charge in [0.15, 0.2) is 5.54 Å². The summed E-state index contributed by atoms with van der Waals surface area (Å²) in [6.07, 6.45) is 2.45. The SMILES string of the molecule is C[C@]1(c2cc(NC(=O)c3ncc(Cl)cn3)ccc2F)N=C(N)COCC1(F)F. The number of rotatable bonds is 3. The lowest BCUT2D eigenvalue weighted by Gasteiger charge is -2.33. The zero-order valence-corrected chi connectivity index (χ0v) is 15.3. The van der Waals surface area contributed by atoms with Crippen molar-refractivity contribution in [2.75, 3.05) is 18.5 Å². The molecule has 0 bridgehead atoms. The highest BCUT2D eigenvalue weighted by atomic mass is 35.5. The molecule has 0 fully saturated rings. The van der Waals surface area contributed by atoms with E-state index >= 15 is 0 Å². The van der Waals surface area contributed by atoms with Crippen molar-refractivity contribution in [1.29, 1.82) is 0 Å². The van der Waals surface area contributed by atoms with Gasteiger partial charge in [-0.25, -0.2) is 23.1 Å². The number of amidine groups is 1. The predicted molar refractivity (Wildman–Crippen MR) is 96.1 cm³/mol. The third-order valence-corrected chi connectivity index (χ3v) is 4.38. The molecule has 0 saturated carbocycles. The number of carbonyl (C=O) groups is 1. The molecular formula is C17H15ClF3N5O2. The molecule has 1 aromatic carbocycles. The summed E-state index contributed by atoms with van der Waals surface area (Å²) in [5.74, 6) is -5.59. The van der Waals surface area contributed by atoms with E-state index in [0.29, 0.717) is 0 Å². The standard InChI is InChI=1S/C17H15ClF3N5O2/c1-16(17(20,21)8-28-7-13(22)26-16)11-4-10(2-3-12(11)19)25-15(27)14-23-5-9(18)6-24-14/h2-6H,7-8H2,1H3,(H2,22,26)(H,25,27)/t16-/m1/s1. The third kappa shape index (κ3) is 3.78. The Morgan fingerprint density at radius 3 is 2.68 bits per heavy atom. The number of aliphatic imine (C=N–C) groups is 1. The Hall–Kier alpha value is -2.72. The van der Waals surface area contributed by atoms with Gasteiger partial charge in [-0.2, -0.15) is 0 Å². The Kier molecular flexibility index (Phi) is 5.26. The number of benzene rings is 1. The van der Waals surface area contributed by atoms with Gasteiger partial charge in [0.05, 0.1) is 5.02 Å². The zero-order chi connectivity index (χ0) is 20.5. The third-order valence-electron chi connectivity index (χ3n) is 4.18. The quantitative estimate of drug-likeness (QED) is 0.805. The number of carbonyl (C=O) groups excluding carboxylic acids is 1. The number of anilines is 1. The van der Waals surface area contributed by atoms with Crippen molar-refractivity contribution in [3.63, 3.8) is 0 Å². The number of hydrogen-bond acceptors (Lipinski definition) is 6. The molecule has 1 atom stereocenters. The first-order chi connectivity index (χ1) is 13.1. The molecule has 1 amide bonds. The fourth-order valence-corrected chi connectivity index (χ4v) is 2.77. The average Bonchev–Trinajstić information content (AvgIpc) is 2.73. The number of ether oxygens (including phenoxy) is 1. The molecule has 3 rings (SSSR count). The van der Waals surface area contributed by atoms with Crippen molar-refractivity contribution >= 4 is 29.0 Å². The van der Waals surface area contributed by atoms with Crippen LogP contribution in [0.3, 0.4) is 0 Å². The summed E-state index contributed by atoms with van der Waals surface area (Å²) >= 11 is 5.67. The van der Waals surface area contributed by atoms with Gasteiger partial charge in [-0.15, -0.1) is 0 Å². The van der Waals surface area contributed by atoms with E-state index < -0.39 is 35.4 Å². The summed E-state index contributed by atoms with van der Waals surface area (Å²) in [7, 11) is 0. The topological polar surface area (TPSA) is 102 Å². The van der Waals surface area contributed by atoms with Crippen LogP contribution in [0.15, 0.2) is 35.6 Å². The molecule has 2 heterocycles. The minimum absolute atomic E-state index is 0.0518. The van der Waals surface area contributed by atoms with Crippen molar-refractivity contribution in [2.45, 2.75) is 18.4 Å². The van der Waals surface area contributed by atoms with Gasteiger partial charge in [0.1, 0.15) is 24.9 Å². The summed E-state index contributed by atoms with van der Waals surface area (Å²) in [6, 6.07) is 3.24. The minimum Gasteiger partial charge on any atom is -0.385 e. The second-order valence-electron chi connectivity index (χ2n) is 6.25. The molecule has 1 aliphatic rings. The highest BCUT2D eigenvalue weighted by molar-refractivity contribution is 6.30. The second kappa shape index (κ2) is 7.36. The Morgan fingerprint density at radius 2 is 2.00 bits per heavy atom. The maximum absolute atomic E-state index is 14.7. The number of nitrogens with one attached hydrogen (secondary N) is 1. The van der Waals surface area contributed by atoms with E-state index in [4.69, 9.17) is 22.1 Å². The molecule has 11 heteroatoms. The average molecular weight is 414 g/mol. The highest BCUT2D eigenvalue weighted by Crippen LogP contribution is 2.44. The van der Waals surface area contributed by atoms with Gasteiger partial charge in [-0.05, 0) is 25.1 Å². The number of nitrogens with zero attached hydrogens (tertiary/aromatic N) is 3. The first-order valence-corrected chi connectivity index (χ1v) is 8.39. The summed E-state index contributed by atoms with van der Waals surface area (Å²) in [6.45, 7) is -0.222. The number of aromatic nitrogens is 2.